The zero-order valence-corrected chi connectivity index (χ0v) is 16.1. The van der Waals surface area contributed by atoms with Crippen LogP contribution >= 0.6 is 0 Å². The molecule has 25 heavy (non-hydrogen) atoms. The Balaban J connectivity index is 1.74. The highest BCUT2D eigenvalue weighted by molar-refractivity contribution is 5.71. The third kappa shape index (κ3) is 13.6. The van der Waals surface area contributed by atoms with E-state index in [-0.39, 0.29) is 11.8 Å². The van der Waals surface area contributed by atoms with Crippen molar-refractivity contribution in [1.29, 1.82) is 0 Å². The van der Waals surface area contributed by atoms with Crippen LogP contribution in [0.25, 0.3) is 0 Å². The van der Waals surface area contributed by atoms with Crippen molar-refractivity contribution in [2.45, 2.75) is 110 Å². The molecule has 0 unspecified atom stereocenters. The molecule has 0 aromatic carbocycles. The molecule has 144 valence electrons. The van der Waals surface area contributed by atoms with Crippen LogP contribution in [0, 0.1) is 0 Å². The number of rotatable bonds is 17. The van der Waals surface area contributed by atoms with Gasteiger partial charge in [-0.25, -0.2) is 0 Å². The van der Waals surface area contributed by atoms with Crippen LogP contribution in [0.15, 0.2) is 6.20 Å². The van der Waals surface area contributed by atoms with Crippen LogP contribution in [0.2, 0.25) is 0 Å². The van der Waals surface area contributed by atoms with E-state index in [0.717, 1.165) is 12.8 Å². The second-order valence-electron chi connectivity index (χ2n) is 6.99. The Morgan fingerprint density at radius 3 is 1.76 bits per heavy atom. The van der Waals surface area contributed by atoms with Crippen molar-refractivity contribution < 1.29 is 9.53 Å². The van der Waals surface area contributed by atoms with Gasteiger partial charge in [-0.1, -0.05) is 107 Å². The molecule has 5 nitrogen and oxygen atoms in total. The van der Waals surface area contributed by atoms with Crippen LogP contribution in [-0.4, -0.2) is 21.4 Å². The number of hydrogen-bond acceptors (Lipinski definition) is 4. The molecule has 1 aromatic rings. The monoisotopic (exact) mass is 351 g/mol. The fourth-order valence-electron chi connectivity index (χ4n) is 3.05. The molecule has 0 saturated carbocycles. The van der Waals surface area contributed by atoms with Crippen LogP contribution in [0.3, 0.4) is 0 Å². The number of esters is 1. The summed E-state index contributed by atoms with van der Waals surface area (Å²) >= 11 is 0. The molecule has 1 heterocycles. The van der Waals surface area contributed by atoms with Crippen LogP contribution in [0.1, 0.15) is 110 Å². The summed E-state index contributed by atoms with van der Waals surface area (Å²) in [4.78, 5) is 11.5. The Bertz CT molecular complexity index is 407. The van der Waals surface area contributed by atoms with E-state index in [4.69, 9.17) is 4.74 Å². The smallest absolute Gasteiger partial charge is 0.312 e. The summed E-state index contributed by atoms with van der Waals surface area (Å²) in [6.45, 7) is 2.27. The lowest BCUT2D eigenvalue weighted by Crippen LogP contribution is -2.07. The second-order valence-corrected chi connectivity index (χ2v) is 6.99. The van der Waals surface area contributed by atoms with Gasteiger partial charge in [0.15, 0.2) is 0 Å². The average Bonchev–Trinajstić information content (AvgIpc) is 3.11. The van der Waals surface area contributed by atoms with Crippen LogP contribution in [0.4, 0.5) is 0 Å². The molecule has 0 spiro atoms. The van der Waals surface area contributed by atoms with Gasteiger partial charge in [0.05, 0.1) is 6.20 Å². The highest BCUT2D eigenvalue weighted by Crippen LogP contribution is 2.14. The number of aromatic amines is 1. The molecule has 0 atom stereocenters. The summed E-state index contributed by atoms with van der Waals surface area (Å²) in [6, 6.07) is 0. The predicted octanol–water partition coefficient (Wildman–Crippen LogP) is 5.97. The second kappa shape index (κ2) is 16.1. The Kier molecular flexibility index (Phi) is 13.9. The molecule has 0 saturated heterocycles. The lowest BCUT2D eigenvalue weighted by molar-refractivity contribution is -0.134. The van der Waals surface area contributed by atoms with Gasteiger partial charge in [-0.15, -0.1) is 0 Å². The zero-order chi connectivity index (χ0) is 18.0. The Morgan fingerprint density at radius 1 is 0.840 bits per heavy atom. The van der Waals surface area contributed by atoms with Crippen LogP contribution in [-0.2, 0) is 4.79 Å². The summed E-state index contributed by atoms with van der Waals surface area (Å²) in [5.74, 6) is 0.0366. The van der Waals surface area contributed by atoms with E-state index < -0.39 is 0 Å². The first-order valence-corrected chi connectivity index (χ1v) is 10.4. The van der Waals surface area contributed by atoms with Crippen molar-refractivity contribution in [1.82, 2.24) is 15.4 Å². The molecule has 0 aliphatic carbocycles. The van der Waals surface area contributed by atoms with Crippen molar-refractivity contribution >= 4 is 5.97 Å². The molecule has 0 bridgehead atoms. The third-order valence-corrected chi connectivity index (χ3v) is 4.60. The number of nitrogens with one attached hydrogen (secondary N) is 1. The van der Waals surface area contributed by atoms with Crippen molar-refractivity contribution in [3.8, 4) is 5.88 Å². The van der Waals surface area contributed by atoms with Gasteiger partial charge in [0.1, 0.15) is 0 Å². The minimum atomic E-state index is -0.219. The van der Waals surface area contributed by atoms with Gasteiger partial charge < -0.3 is 4.74 Å². The predicted molar refractivity (Wildman–Crippen MR) is 102 cm³/mol. The summed E-state index contributed by atoms with van der Waals surface area (Å²) in [7, 11) is 0. The fourth-order valence-corrected chi connectivity index (χ4v) is 3.05. The Labute approximate surface area is 153 Å². The average molecular weight is 352 g/mol. The van der Waals surface area contributed by atoms with E-state index in [1.807, 2.05) is 0 Å². The molecule has 5 heteroatoms. The first kappa shape index (κ1) is 21.7. The first-order chi connectivity index (χ1) is 12.3. The number of carbonyl (C=O) groups is 1. The molecule has 1 N–H and O–H groups in total. The van der Waals surface area contributed by atoms with Crippen LogP contribution < -0.4 is 4.74 Å². The summed E-state index contributed by atoms with van der Waals surface area (Å²) in [5, 5.41) is 9.65. The zero-order valence-electron chi connectivity index (χ0n) is 16.1. The fraction of sp³-hybridized carbons (Fsp3) is 0.850. The molecule has 0 radical (unpaired) electrons. The lowest BCUT2D eigenvalue weighted by Gasteiger charge is -2.03. The maximum absolute atomic E-state index is 11.5. The maximum atomic E-state index is 11.5. The molecule has 0 aliphatic rings. The van der Waals surface area contributed by atoms with E-state index in [1.165, 1.54) is 89.7 Å². The van der Waals surface area contributed by atoms with Crippen LogP contribution in [0.5, 0.6) is 5.88 Å². The molecule has 1 rings (SSSR count). The number of carbonyl (C=O) groups excluding carboxylic acids is 1. The number of hydrogen-bond donors (Lipinski definition) is 1. The topological polar surface area (TPSA) is 67.9 Å². The molecular formula is C20H37N3O2. The minimum absolute atomic E-state index is 0.219. The van der Waals surface area contributed by atoms with E-state index in [9.17, 15) is 4.79 Å². The first-order valence-electron chi connectivity index (χ1n) is 10.4. The summed E-state index contributed by atoms with van der Waals surface area (Å²) in [5.41, 5.74) is 0. The SMILES string of the molecule is CCCCCCCCCCCCCCCCCC(=O)Oc1c[nH]nn1. The van der Waals surface area contributed by atoms with Crippen molar-refractivity contribution in [2.24, 2.45) is 0 Å². The van der Waals surface area contributed by atoms with E-state index in [1.54, 1.807) is 0 Å². The highest BCUT2D eigenvalue weighted by atomic mass is 16.5. The van der Waals surface area contributed by atoms with Gasteiger partial charge in [0.25, 0.3) is 5.88 Å². The number of unbranched alkanes of at least 4 members (excludes halogenated alkanes) is 14. The summed E-state index contributed by atoms with van der Waals surface area (Å²) in [6.07, 6.45) is 21.8. The number of aromatic nitrogens is 3. The van der Waals surface area contributed by atoms with Gasteiger partial charge >= 0.3 is 5.97 Å². The molecule has 1 aromatic heterocycles. The lowest BCUT2D eigenvalue weighted by atomic mass is 10.0. The van der Waals surface area contributed by atoms with Gasteiger partial charge in [-0.05, 0) is 6.42 Å². The molecule has 0 aliphatic heterocycles. The van der Waals surface area contributed by atoms with Gasteiger partial charge in [0, 0.05) is 6.42 Å². The number of H-pyrrole nitrogens is 1. The Hall–Kier alpha value is -1.39. The number of ether oxygens (including phenoxy) is 1. The number of nitrogens with zero attached hydrogens (tertiary/aromatic N) is 2. The van der Waals surface area contributed by atoms with E-state index in [0.29, 0.717) is 6.42 Å². The quantitative estimate of drug-likeness (QED) is 0.277. The Morgan fingerprint density at radius 2 is 1.32 bits per heavy atom. The minimum Gasteiger partial charge on any atom is -0.404 e. The molecular weight excluding hydrogens is 314 g/mol. The van der Waals surface area contributed by atoms with Crippen molar-refractivity contribution in [3.05, 3.63) is 6.20 Å². The largest absolute Gasteiger partial charge is 0.404 e. The van der Waals surface area contributed by atoms with E-state index in [2.05, 4.69) is 22.3 Å². The van der Waals surface area contributed by atoms with Gasteiger partial charge in [-0.2, -0.15) is 0 Å². The molecule has 0 amide bonds. The normalized spacial score (nSPS) is 10.9. The summed E-state index contributed by atoms with van der Waals surface area (Å²) < 4.78 is 5.03. The highest BCUT2D eigenvalue weighted by Gasteiger charge is 2.06. The van der Waals surface area contributed by atoms with Crippen molar-refractivity contribution in [2.75, 3.05) is 0 Å². The standard InChI is InChI=1S/C20H37N3O2/c1-2-3-4-5-6-7-8-9-10-11-12-13-14-15-16-17-20(24)25-19-18-21-23-22-19/h18H,2-17H2,1H3,(H,21,22,23). The van der Waals surface area contributed by atoms with E-state index >= 15 is 0 Å². The van der Waals surface area contributed by atoms with Crippen molar-refractivity contribution in [3.63, 3.8) is 0 Å². The maximum Gasteiger partial charge on any atom is 0.312 e. The van der Waals surface area contributed by atoms with Gasteiger partial charge in [0.2, 0.25) is 0 Å². The van der Waals surface area contributed by atoms with Gasteiger partial charge in [-0.3, -0.25) is 9.89 Å². The third-order valence-electron chi connectivity index (χ3n) is 4.60. The molecule has 0 fully saturated rings.